The molecule has 3 heteroatoms. The van der Waals surface area contributed by atoms with Gasteiger partial charge in [-0.15, -0.1) is 0 Å². The zero-order valence-corrected chi connectivity index (χ0v) is 11.8. The minimum absolute atomic E-state index is 0.656. The Labute approximate surface area is 115 Å². The van der Waals surface area contributed by atoms with Crippen LogP contribution in [0.1, 0.15) is 38.8 Å². The van der Waals surface area contributed by atoms with E-state index < -0.39 is 0 Å². The van der Waals surface area contributed by atoms with Crippen LogP contribution in [0.15, 0.2) is 30.6 Å². The summed E-state index contributed by atoms with van der Waals surface area (Å²) in [5.74, 6) is 1.70. The first-order chi connectivity index (χ1) is 9.20. The van der Waals surface area contributed by atoms with Gasteiger partial charge in [-0.25, -0.2) is 4.98 Å². The first-order valence-electron chi connectivity index (χ1n) is 7.36. The highest BCUT2D eigenvalue weighted by atomic mass is 15.0. The maximum atomic E-state index is 4.64. The summed E-state index contributed by atoms with van der Waals surface area (Å²) in [5.41, 5.74) is 2.17. The highest BCUT2D eigenvalue weighted by Crippen LogP contribution is 2.28. The van der Waals surface area contributed by atoms with Crippen molar-refractivity contribution in [1.82, 2.24) is 14.7 Å². The third-order valence-electron chi connectivity index (χ3n) is 4.16. The highest BCUT2D eigenvalue weighted by Gasteiger charge is 2.23. The van der Waals surface area contributed by atoms with Gasteiger partial charge in [0.1, 0.15) is 5.65 Å². The molecular formula is C16H23N3. The van der Waals surface area contributed by atoms with Crippen molar-refractivity contribution in [2.45, 2.75) is 45.7 Å². The van der Waals surface area contributed by atoms with E-state index in [1.165, 1.54) is 19.3 Å². The number of rotatable bonds is 3. The van der Waals surface area contributed by atoms with E-state index in [0.717, 1.165) is 29.7 Å². The number of fused-ring (bicyclic) bond motifs is 1. The Bertz CT molecular complexity index is 503. The molecule has 0 amide bonds. The molecule has 2 heterocycles. The standard InChI is InChI=1S/C16H23N3/c1-12-7-13(2)9-14(8-12)17-10-15-11-19-6-4-3-5-16(19)18-15/h3-6,11-14,17H,7-10H2,1-2H3. The largest absolute Gasteiger partial charge is 0.308 e. The van der Waals surface area contributed by atoms with Crippen molar-refractivity contribution in [2.24, 2.45) is 11.8 Å². The van der Waals surface area contributed by atoms with Crippen LogP contribution >= 0.6 is 0 Å². The van der Waals surface area contributed by atoms with Gasteiger partial charge in [0.05, 0.1) is 5.69 Å². The van der Waals surface area contributed by atoms with E-state index in [1.807, 2.05) is 18.2 Å². The quantitative estimate of drug-likeness (QED) is 0.914. The molecule has 0 aromatic carbocycles. The molecule has 2 unspecified atom stereocenters. The van der Waals surface area contributed by atoms with Gasteiger partial charge in [0.15, 0.2) is 0 Å². The second-order valence-corrected chi connectivity index (χ2v) is 6.19. The summed E-state index contributed by atoms with van der Waals surface area (Å²) in [5, 5.41) is 3.68. The molecule has 2 atom stereocenters. The fourth-order valence-corrected chi connectivity index (χ4v) is 3.43. The molecule has 2 aromatic rings. The normalized spacial score (nSPS) is 27.8. The van der Waals surface area contributed by atoms with Crippen LogP contribution < -0.4 is 5.32 Å². The maximum Gasteiger partial charge on any atom is 0.137 e. The number of nitrogens with one attached hydrogen (secondary N) is 1. The molecule has 1 aliphatic rings. The predicted molar refractivity (Wildman–Crippen MR) is 78.0 cm³/mol. The van der Waals surface area contributed by atoms with Crippen LogP contribution in [0.5, 0.6) is 0 Å². The van der Waals surface area contributed by atoms with E-state index in [2.05, 4.69) is 40.9 Å². The molecule has 3 nitrogen and oxygen atoms in total. The fourth-order valence-electron chi connectivity index (χ4n) is 3.43. The SMILES string of the molecule is CC1CC(C)CC(NCc2cn3ccccc3n2)C1. The zero-order chi connectivity index (χ0) is 13.2. The molecule has 2 aromatic heterocycles. The summed E-state index contributed by atoms with van der Waals surface area (Å²) >= 11 is 0. The molecule has 0 saturated heterocycles. The van der Waals surface area contributed by atoms with Gasteiger partial charge in [0.25, 0.3) is 0 Å². The van der Waals surface area contributed by atoms with E-state index in [4.69, 9.17) is 0 Å². The smallest absolute Gasteiger partial charge is 0.137 e. The summed E-state index contributed by atoms with van der Waals surface area (Å²) in [6, 6.07) is 6.78. The molecule has 1 aliphatic carbocycles. The van der Waals surface area contributed by atoms with Gasteiger partial charge >= 0.3 is 0 Å². The Morgan fingerprint density at radius 3 is 2.74 bits per heavy atom. The second-order valence-electron chi connectivity index (χ2n) is 6.19. The van der Waals surface area contributed by atoms with Crippen LogP contribution in [0.2, 0.25) is 0 Å². The molecule has 0 radical (unpaired) electrons. The Morgan fingerprint density at radius 2 is 2.00 bits per heavy atom. The van der Waals surface area contributed by atoms with Gasteiger partial charge in [0.2, 0.25) is 0 Å². The first kappa shape index (κ1) is 12.7. The third kappa shape index (κ3) is 2.98. The highest BCUT2D eigenvalue weighted by molar-refractivity contribution is 5.39. The molecule has 19 heavy (non-hydrogen) atoms. The van der Waals surface area contributed by atoms with Crippen molar-refractivity contribution in [3.05, 3.63) is 36.3 Å². The van der Waals surface area contributed by atoms with Gasteiger partial charge < -0.3 is 9.72 Å². The summed E-state index contributed by atoms with van der Waals surface area (Å²) < 4.78 is 2.09. The van der Waals surface area contributed by atoms with Crippen molar-refractivity contribution in [1.29, 1.82) is 0 Å². The van der Waals surface area contributed by atoms with Crippen molar-refractivity contribution in [3.63, 3.8) is 0 Å². The van der Waals surface area contributed by atoms with Gasteiger partial charge in [0, 0.05) is 25.0 Å². The number of imidazole rings is 1. The fraction of sp³-hybridized carbons (Fsp3) is 0.562. The van der Waals surface area contributed by atoms with Gasteiger partial charge in [-0.1, -0.05) is 19.9 Å². The Kier molecular flexibility index (Phi) is 3.56. The Balaban J connectivity index is 1.62. The third-order valence-corrected chi connectivity index (χ3v) is 4.16. The number of hydrogen-bond acceptors (Lipinski definition) is 2. The number of aromatic nitrogens is 2. The van der Waals surface area contributed by atoms with E-state index in [1.54, 1.807) is 0 Å². The summed E-state index contributed by atoms with van der Waals surface area (Å²) in [4.78, 5) is 4.64. The molecule has 1 saturated carbocycles. The van der Waals surface area contributed by atoms with Crippen molar-refractivity contribution >= 4 is 5.65 Å². The topological polar surface area (TPSA) is 29.3 Å². The lowest BCUT2D eigenvalue weighted by molar-refractivity contribution is 0.238. The number of hydrogen-bond donors (Lipinski definition) is 1. The molecule has 102 valence electrons. The van der Waals surface area contributed by atoms with Crippen LogP contribution in [0.25, 0.3) is 5.65 Å². The molecule has 1 fully saturated rings. The van der Waals surface area contributed by atoms with E-state index in [0.29, 0.717) is 6.04 Å². The first-order valence-corrected chi connectivity index (χ1v) is 7.36. The maximum absolute atomic E-state index is 4.64. The van der Waals surface area contributed by atoms with Crippen LogP contribution in [0.4, 0.5) is 0 Å². The summed E-state index contributed by atoms with van der Waals surface area (Å²) in [6.07, 6.45) is 8.16. The summed E-state index contributed by atoms with van der Waals surface area (Å²) in [7, 11) is 0. The Hall–Kier alpha value is -1.35. The van der Waals surface area contributed by atoms with Crippen molar-refractivity contribution in [3.8, 4) is 0 Å². The molecule has 3 rings (SSSR count). The van der Waals surface area contributed by atoms with Crippen LogP contribution in [-0.2, 0) is 6.54 Å². The van der Waals surface area contributed by atoms with E-state index in [-0.39, 0.29) is 0 Å². The van der Waals surface area contributed by atoms with Gasteiger partial charge in [-0.3, -0.25) is 0 Å². The van der Waals surface area contributed by atoms with Gasteiger partial charge in [-0.2, -0.15) is 0 Å². The van der Waals surface area contributed by atoms with Crippen molar-refractivity contribution in [2.75, 3.05) is 0 Å². The van der Waals surface area contributed by atoms with Crippen LogP contribution in [0.3, 0.4) is 0 Å². The van der Waals surface area contributed by atoms with Gasteiger partial charge in [-0.05, 0) is 43.2 Å². The van der Waals surface area contributed by atoms with Crippen LogP contribution in [-0.4, -0.2) is 15.4 Å². The molecule has 0 aliphatic heterocycles. The lowest BCUT2D eigenvalue weighted by Crippen LogP contribution is -2.35. The Morgan fingerprint density at radius 1 is 1.21 bits per heavy atom. The lowest BCUT2D eigenvalue weighted by Gasteiger charge is -2.31. The zero-order valence-electron chi connectivity index (χ0n) is 11.8. The monoisotopic (exact) mass is 257 g/mol. The predicted octanol–water partition coefficient (Wildman–Crippen LogP) is 3.25. The minimum Gasteiger partial charge on any atom is -0.308 e. The minimum atomic E-state index is 0.656. The summed E-state index contributed by atoms with van der Waals surface area (Å²) in [6.45, 7) is 5.62. The van der Waals surface area contributed by atoms with E-state index in [9.17, 15) is 0 Å². The van der Waals surface area contributed by atoms with Crippen molar-refractivity contribution < 1.29 is 0 Å². The molecule has 1 N–H and O–H groups in total. The molecule has 0 bridgehead atoms. The average Bonchev–Trinajstić information content (AvgIpc) is 2.78. The average molecular weight is 257 g/mol. The molecular weight excluding hydrogens is 234 g/mol. The molecule has 0 spiro atoms. The lowest BCUT2D eigenvalue weighted by atomic mass is 9.80. The number of pyridine rings is 1. The second kappa shape index (κ2) is 5.33. The number of nitrogens with zero attached hydrogens (tertiary/aromatic N) is 2. The van der Waals surface area contributed by atoms with E-state index >= 15 is 0 Å². The van der Waals surface area contributed by atoms with Crippen LogP contribution in [0, 0.1) is 11.8 Å².